The van der Waals surface area contributed by atoms with Gasteiger partial charge in [-0.3, -0.25) is 0 Å². The predicted molar refractivity (Wildman–Crippen MR) is 43.5 cm³/mol. The molecule has 0 aromatic rings. The fraction of sp³-hybridized carbons (Fsp3) is 0.889. The number of aldehydes is 1. The second kappa shape index (κ2) is 2.59. The first-order chi connectivity index (χ1) is 4.97. The third-order valence-electron chi connectivity index (χ3n) is 2.21. The molecular weight excluding hydrogens is 140 g/mol. The Hall–Kier alpha value is -0.370. The van der Waals surface area contributed by atoms with Crippen molar-refractivity contribution < 1.29 is 9.53 Å². The van der Waals surface area contributed by atoms with Gasteiger partial charge in [0.2, 0.25) is 0 Å². The molecule has 0 aromatic heterocycles. The van der Waals surface area contributed by atoms with Crippen molar-refractivity contribution in [2.45, 2.75) is 51.2 Å². The van der Waals surface area contributed by atoms with E-state index in [0.29, 0.717) is 0 Å². The molecule has 1 heterocycles. The van der Waals surface area contributed by atoms with Crippen LogP contribution in [0.2, 0.25) is 0 Å². The molecule has 1 rings (SSSR count). The minimum atomic E-state index is -0.526. The second-order valence-electron chi connectivity index (χ2n) is 4.15. The summed E-state index contributed by atoms with van der Waals surface area (Å²) < 4.78 is 5.64. The lowest BCUT2D eigenvalue weighted by atomic mass is 9.89. The molecule has 1 atom stereocenters. The summed E-state index contributed by atoms with van der Waals surface area (Å²) in [5, 5.41) is 0. The lowest BCUT2D eigenvalue weighted by Gasteiger charge is -2.40. The van der Waals surface area contributed by atoms with E-state index in [-0.39, 0.29) is 5.60 Å². The zero-order valence-corrected chi connectivity index (χ0v) is 7.52. The maximum absolute atomic E-state index is 10.6. The van der Waals surface area contributed by atoms with E-state index >= 15 is 0 Å². The SMILES string of the molecule is CC1(C)CCC[C@](C)(C=O)O1. The van der Waals surface area contributed by atoms with Gasteiger partial charge in [-0.25, -0.2) is 0 Å². The molecule has 0 spiro atoms. The molecule has 0 saturated carbocycles. The number of hydrogen-bond donors (Lipinski definition) is 0. The summed E-state index contributed by atoms with van der Waals surface area (Å²) >= 11 is 0. The van der Waals surface area contributed by atoms with Crippen LogP contribution in [0.4, 0.5) is 0 Å². The van der Waals surface area contributed by atoms with Gasteiger partial charge in [0.25, 0.3) is 0 Å². The summed E-state index contributed by atoms with van der Waals surface area (Å²) in [4.78, 5) is 10.6. The molecule has 0 aliphatic carbocycles. The quantitative estimate of drug-likeness (QED) is 0.542. The van der Waals surface area contributed by atoms with Crippen molar-refractivity contribution in [2.75, 3.05) is 0 Å². The average molecular weight is 156 g/mol. The first-order valence-electron chi connectivity index (χ1n) is 4.14. The Morgan fingerprint density at radius 2 is 1.91 bits per heavy atom. The zero-order valence-electron chi connectivity index (χ0n) is 7.52. The van der Waals surface area contributed by atoms with Crippen molar-refractivity contribution in [3.05, 3.63) is 0 Å². The van der Waals surface area contributed by atoms with Crippen LogP contribution in [0.5, 0.6) is 0 Å². The second-order valence-corrected chi connectivity index (χ2v) is 4.15. The Kier molecular flexibility index (Phi) is 2.06. The van der Waals surface area contributed by atoms with Crippen molar-refractivity contribution in [3.8, 4) is 0 Å². The highest BCUT2D eigenvalue weighted by molar-refractivity contribution is 5.61. The van der Waals surface area contributed by atoms with Gasteiger partial charge in [0.05, 0.1) is 5.60 Å². The Morgan fingerprint density at radius 3 is 2.27 bits per heavy atom. The first kappa shape index (κ1) is 8.72. The molecule has 0 unspecified atom stereocenters. The topological polar surface area (TPSA) is 26.3 Å². The number of ether oxygens (including phenoxy) is 1. The summed E-state index contributed by atoms with van der Waals surface area (Å²) in [6.45, 7) is 5.93. The first-order valence-corrected chi connectivity index (χ1v) is 4.14. The summed E-state index contributed by atoms with van der Waals surface area (Å²) in [7, 11) is 0. The van der Waals surface area contributed by atoms with Gasteiger partial charge in [0.15, 0.2) is 6.29 Å². The van der Waals surface area contributed by atoms with Gasteiger partial charge in [-0.15, -0.1) is 0 Å². The highest BCUT2D eigenvalue weighted by Crippen LogP contribution is 2.33. The third-order valence-corrected chi connectivity index (χ3v) is 2.21. The molecule has 1 fully saturated rings. The highest BCUT2D eigenvalue weighted by Gasteiger charge is 2.36. The molecule has 1 saturated heterocycles. The molecule has 2 heteroatoms. The number of hydrogen-bond acceptors (Lipinski definition) is 2. The maximum atomic E-state index is 10.6. The minimum absolute atomic E-state index is 0.117. The van der Waals surface area contributed by atoms with Crippen LogP contribution >= 0.6 is 0 Å². The molecule has 0 aromatic carbocycles. The van der Waals surface area contributed by atoms with E-state index in [2.05, 4.69) is 0 Å². The molecule has 1 aliphatic heterocycles. The normalized spacial score (nSPS) is 36.6. The van der Waals surface area contributed by atoms with Gasteiger partial charge in [-0.2, -0.15) is 0 Å². The standard InChI is InChI=1S/C9H16O2/c1-8(2)5-4-6-9(3,7-10)11-8/h7H,4-6H2,1-3H3/t9-/m1/s1. The average Bonchev–Trinajstić information content (AvgIpc) is 1.85. The molecule has 0 radical (unpaired) electrons. The molecule has 0 N–H and O–H groups in total. The van der Waals surface area contributed by atoms with Crippen LogP contribution in [0.25, 0.3) is 0 Å². The van der Waals surface area contributed by atoms with Crippen molar-refractivity contribution in [2.24, 2.45) is 0 Å². The van der Waals surface area contributed by atoms with Crippen LogP contribution in [0.3, 0.4) is 0 Å². The molecule has 0 amide bonds. The van der Waals surface area contributed by atoms with Gasteiger partial charge in [0, 0.05) is 0 Å². The minimum Gasteiger partial charge on any atom is -0.362 e. The van der Waals surface area contributed by atoms with Gasteiger partial charge in [-0.1, -0.05) is 0 Å². The molecule has 64 valence electrons. The summed E-state index contributed by atoms with van der Waals surface area (Å²) in [5.41, 5.74) is -0.643. The fourth-order valence-corrected chi connectivity index (χ4v) is 1.68. The molecule has 0 bridgehead atoms. The Balaban J connectivity index is 2.66. The van der Waals surface area contributed by atoms with Gasteiger partial charge in [0.1, 0.15) is 5.60 Å². The van der Waals surface area contributed by atoms with Crippen molar-refractivity contribution >= 4 is 6.29 Å². The van der Waals surface area contributed by atoms with E-state index in [9.17, 15) is 4.79 Å². The van der Waals surface area contributed by atoms with E-state index in [0.717, 1.165) is 25.5 Å². The van der Waals surface area contributed by atoms with E-state index in [1.807, 2.05) is 20.8 Å². The van der Waals surface area contributed by atoms with E-state index < -0.39 is 5.60 Å². The largest absolute Gasteiger partial charge is 0.362 e. The van der Waals surface area contributed by atoms with Crippen molar-refractivity contribution in [1.82, 2.24) is 0 Å². The third kappa shape index (κ3) is 2.03. The predicted octanol–water partition coefficient (Wildman–Crippen LogP) is 1.92. The zero-order chi connectivity index (χ0) is 8.54. The number of carbonyl (C=O) groups excluding carboxylic acids is 1. The van der Waals surface area contributed by atoms with Crippen LogP contribution < -0.4 is 0 Å². The van der Waals surface area contributed by atoms with Crippen LogP contribution in [0.1, 0.15) is 40.0 Å². The molecule has 11 heavy (non-hydrogen) atoms. The van der Waals surface area contributed by atoms with E-state index in [1.165, 1.54) is 0 Å². The lowest BCUT2D eigenvalue weighted by Crippen LogP contribution is -2.44. The lowest BCUT2D eigenvalue weighted by molar-refractivity contribution is -0.169. The van der Waals surface area contributed by atoms with Gasteiger partial charge < -0.3 is 9.53 Å². The maximum Gasteiger partial charge on any atom is 0.151 e. The Labute approximate surface area is 67.9 Å². The number of carbonyl (C=O) groups is 1. The van der Waals surface area contributed by atoms with Crippen LogP contribution in [0.15, 0.2) is 0 Å². The van der Waals surface area contributed by atoms with Crippen molar-refractivity contribution in [1.29, 1.82) is 0 Å². The number of rotatable bonds is 1. The van der Waals surface area contributed by atoms with Gasteiger partial charge in [-0.05, 0) is 40.0 Å². The van der Waals surface area contributed by atoms with Gasteiger partial charge >= 0.3 is 0 Å². The summed E-state index contributed by atoms with van der Waals surface area (Å²) in [5.74, 6) is 0. The fourth-order valence-electron chi connectivity index (χ4n) is 1.68. The highest BCUT2D eigenvalue weighted by atomic mass is 16.5. The van der Waals surface area contributed by atoms with Crippen LogP contribution in [-0.2, 0) is 9.53 Å². The molecule has 2 nitrogen and oxygen atoms in total. The smallest absolute Gasteiger partial charge is 0.151 e. The monoisotopic (exact) mass is 156 g/mol. The molecule has 1 aliphatic rings. The Morgan fingerprint density at radius 1 is 1.27 bits per heavy atom. The van der Waals surface area contributed by atoms with Crippen LogP contribution in [0, 0.1) is 0 Å². The van der Waals surface area contributed by atoms with Crippen molar-refractivity contribution in [3.63, 3.8) is 0 Å². The molecular formula is C9H16O2. The Bertz CT molecular complexity index is 163. The summed E-state index contributed by atoms with van der Waals surface area (Å²) in [6.07, 6.45) is 3.92. The van der Waals surface area contributed by atoms with E-state index in [1.54, 1.807) is 0 Å². The van der Waals surface area contributed by atoms with Crippen LogP contribution in [-0.4, -0.2) is 17.5 Å². The van der Waals surface area contributed by atoms with E-state index in [4.69, 9.17) is 4.74 Å². The summed E-state index contributed by atoms with van der Waals surface area (Å²) in [6, 6.07) is 0.